The van der Waals surface area contributed by atoms with Crippen LogP contribution in [0.5, 0.6) is 0 Å². The van der Waals surface area contributed by atoms with Crippen molar-refractivity contribution in [1.29, 1.82) is 0 Å². The van der Waals surface area contributed by atoms with Crippen LogP contribution in [-0.2, 0) is 23.9 Å². The van der Waals surface area contributed by atoms with Crippen molar-refractivity contribution in [3.05, 3.63) is 0 Å². The molecule has 6 heteroatoms. The van der Waals surface area contributed by atoms with Gasteiger partial charge in [-0.25, -0.2) is 4.79 Å². The zero-order valence-corrected chi connectivity index (χ0v) is 19.5. The molecule has 30 heavy (non-hydrogen) atoms. The van der Waals surface area contributed by atoms with E-state index < -0.39 is 12.0 Å². The maximum atomic E-state index is 12.6. The van der Waals surface area contributed by atoms with E-state index in [1.54, 1.807) is 0 Å². The summed E-state index contributed by atoms with van der Waals surface area (Å²) in [6, 6.07) is -0.630. The molecular formula is C24H43NO5. The molecule has 2 unspecified atom stereocenters. The Bertz CT molecular complexity index is 508. The standard InChI is InChI=1S/C24H43NO5/c1-5-6-7-8-9-10-11-12-13-14-20(16-22-19(4)23(27)30-22)29-24(28)21(25-17-26)15-18(2)3/h17-22H,5-16H2,1-4H3,(H,25,26)/t19-,20?,21?,22-/m0/s1. The van der Waals surface area contributed by atoms with Gasteiger partial charge in [0.1, 0.15) is 18.2 Å². The number of carbonyl (C=O) groups is 3. The first-order valence-corrected chi connectivity index (χ1v) is 12.0. The van der Waals surface area contributed by atoms with Gasteiger partial charge in [-0.2, -0.15) is 0 Å². The number of carbonyl (C=O) groups excluding carboxylic acids is 3. The van der Waals surface area contributed by atoms with Crippen molar-refractivity contribution >= 4 is 18.3 Å². The number of cyclic esters (lactones) is 1. The topological polar surface area (TPSA) is 81.7 Å². The summed E-state index contributed by atoms with van der Waals surface area (Å²) in [4.78, 5) is 34.9. The maximum Gasteiger partial charge on any atom is 0.328 e. The minimum Gasteiger partial charge on any atom is -0.461 e. The summed E-state index contributed by atoms with van der Waals surface area (Å²) in [5.74, 6) is -0.462. The third-order valence-corrected chi connectivity index (χ3v) is 5.87. The van der Waals surface area contributed by atoms with E-state index in [0.717, 1.165) is 19.3 Å². The largest absolute Gasteiger partial charge is 0.461 e. The van der Waals surface area contributed by atoms with Crippen LogP contribution < -0.4 is 5.32 Å². The van der Waals surface area contributed by atoms with Gasteiger partial charge in [-0.1, -0.05) is 72.1 Å². The van der Waals surface area contributed by atoms with Crippen LogP contribution in [0.2, 0.25) is 0 Å². The van der Waals surface area contributed by atoms with E-state index in [0.29, 0.717) is 19.3 Å². The number of unbranched alkanes of at least 4 members (excludes halogenated alkanes) is 8. The smallest absolute Gasteiger partial charge is 0.328 e. The van der Waals surface area contributed by atoms with Gasteiger partial charge in [-0.05, 0) is 32.1 Å². The molecule has 1 saturated heterocycles. The Morgan fingerprint density at radius 2 is 1.70 bits per heavy atom. The SMILES string of the molecule is CCCCCCCCCCCC(C[C@@H]1OC(=O)[C@H]1C)OC(=O)C(CC(C)C)NC=O. The van der Waals surface area contributed by atoms with Crippen molar-refractivity contribution < 1.29 is 23.9 Å². The number of nitrogens with one attached hydrogen (secondary N) is 1. The van der Waals surface area contributed by atoms with Gasteiger partial charge in [0, 0.05) is 6.42 Å². The first-order valence-electron chi connectivity index (χ1n) is 12.0. The summed E-state index contributed by atoms with van der Waals surface area (Å²) in [5.41, 5.74) is 0. The molecule has 1 rings (SSSR count). The lowest BCUT2D eigenvalue weighted by atomic mass is 9.92. The Labute approximate surface area is 182 Å². The monoisotopic (exact) mass is 425 g/mol. The highest BCUT2D eigenvalue weighted by atomic mass is 16.6. The first-order chi connectivity index (χ1) is 14.4. The highest BCUT2D eigenvalue weighted by Gasteiger charge is 2.40. The summed E-state index contributed by atoms with van der Waals surface area (Å²) in [7, 11) is 0. The van der Waals surface area contributed by atoms with E-state index in [-0.39, 0.29) is 30.0 Å². The second-order valence-corrected chi connectivity index (χ2v) is 9.14. The van der Waals surface area contributed by atoms with Crippen molar-refractivity contribution in [2.75, 3.05) is 0 Å². The lowest BCUT2D eigenvalue weighted by Gasteiger charge is -2.35. The zero-order chi connectivity index (χ0) is 22.4. The number of rotatable bonds is 18. The molecule has 1 N–H and O–H groups in total. The fourth-order valence-corrected chi connectivity index (χ4v) is 3.89. The van der Waals surface area contributed by atoms with Crippen LogP contribution >= 0.6 is 0 Å². The Kier molecular flexibility index (Phi) is 13.4. The molecule has 0 saturated carbocycles. The van der Waals surface area contributed by atoms with Gasteiger partial charge in [-0.15, -0.1) is 0 Å². The predicted octanol–water partition coefficient (Wildman–Crippen LogP) is 4.93. The molecule has 0 radical (unpaired) electrons. The quantitative estimate of drug-likeness (QED) is 0.191. The van der Waals surface area contributed by atoms with Crippen LogP contribution in [0.3, 0.4) is 0 Å². The molecule has 1 heterocycles. The predicted molar refractivity (Wildman–Crippen MR) is 118 cm³/mol. The number of ether oxygens (including phenoxy) is 2. The summed E-state index contributed by atoms with van der Waals surface area (Å²) < 4.78 is 11.0. The molecule has 6 nitrogen and oxygen atoms in total. The molecule has 0 aromatic heterocycles. The fourth-order valence-electron chi connectivity index (χ4n) is 3.89. The van der Waals surface area contributed by atoms with Crippen LogP contribution in [0.4, 0.5) is 0 Å². The van der Waals surface area contributed by atoms with E-state index in [1.165, 1.54) is 44.9 Å². The first kappa shape index (κ1) is 26.4. The Hall–Kier alpha value is -1.59. The minimum atomic E-state index is -0.630. The van der Waals surface area contributed by atoms with Gasteiger partial charge in [0.25, 0.3) is 0 Å². The number of hydrogen-bond donors (Lipinski definition) is 1. The maximum absolute atomic E-state index is 12.6. The second kappa shape index (κ2) is 15.2. The molecule has 0 aromatic carbocycles. The Morgan fingerprint density at radius 1 is 1.10 bits per heavy atom. The molecule has 1 aliphatic heterocycles. The van der Waals surface area contributed by atoms with Crippen LogP contribution in [0.1, 0.15) is 105 Å². The third-order valence-electron chi connectivity index (χ3n) is 5.87. The summed E-state index contributed by atoms with van der Waals surface area (Å²) in [5, 5.41) is 2.58. The molecule has 4 atom stereocenters. The summed E-state index contributed by atoms with van der Waals surface area (Å²) in [6.45, 7) is 8.09. The van der Waals surface area contributed by atoms with E-state index in [9.17, 15) is 14.4 Å². The zero-order valence-electron chi connectivity index (χ0n) is 19.5. The summed E-state index contributed by atoms with van der Waals surface area (Å²) >= 11 is 0. The molecule has 1 aliphatic rings. The van der Waals surface area contributed by atoms with Gasteiger partial charge >= 0.3 is 11.9 Å². The van der Waals surface area contributed by atoms with Crippen LogP contribution in [0.25, 0.3) is 0 Å². The van der Waals surface area contributed by atoms with Gasteiger partial charge in [-0.3, -0.25) is 9.59 Å². The second-order valence-electron chi connectivity index (χ2n) is 9.14. The Balaban J connectivity index is 2.44. The molecular weight excluding hydrogens is 382 g/mol. The summed E-state index contributed by atoms with van der Waals surface area (Å²) in [6.07, 6.45) is 13.0. The van der Waals surface area contributed by atoms with Crippen molar-refractivity contribution in [2.24, 2.45) is 11.8 Å². The van der Waals surface area contributed by atoms with E-state index in [2.05, 4.69) is 12.2 Å². The minimum absolute atomic E-state index is 0.145. The van der Waals surface area contributed by atoms with Crippen LogP contribution in [0.15, 0.2) is 0 Å². The highest BCUT2D eigenvalue weighted by molar-refractivity contribution is 5.79. The molecule has 1 fully saturated rings. The highest BCUT2D eigenvalue weighted by Crippen LogP contribution is 2.28. The number of esters is 2. The van der Waals surface area contributed by atoms with Crippen LogP contribution in [0, 0.1) is 11.8 Å². The van der Waals surface area contributed by atoms with Gasteiger partial charge in [0.05, 0.1) is 5.92 Å². The Morgan fingerprint density at radius 3 is 2.20 bits per heavy atom. The average molecular weight is 426 g/mol. The van der Waals surface area contributed by atoms with Crippen molar-refractivity contribution in [3.63, 3.8) is 0 Å². The van der Waals surface area contributed by atoms with Crippen LogP contribution in [-0.4, -0.2) is 36.6 Å². The molecule has 1 amide bonds. The van der Waals surface area contributed by atoms with Crippen molar-refractivity contribution in [2.45, 2.75) is 123 Å². The van der Waals surface area contributed by atoms with E-state index in [4.69, 9.17) is 9.47 Å². The van der Waals surface area contributed by atoms with Gasteiger partial charge in [0.2, 0.25) is 6.41 Å². The van der Waals surface area contributed by atoms with Gasteiger partial charge < -0.3 is 14.8 Å². The fraction of sp³-hybridized carbons (Fsp3) is 0.875. The number of amides is 1. The molecule has 0 spiro atoms. The van der Waals surface area contributed by atoms with E-state index >= 15 is 0 Å². The molecule has 0 aromatic rings. The third kappa shape index (κ3) is 10.4. The molecule has 0 bridgehead atoms. The average Bonchev–Trinajstić information content (AvgIpc) is 2.71. The number of hydrogen-bond acceptors (Lipinski definition) is 5. The van der Waals surface area contributed by atoms with Gasteiger partial charge in [0.15, 0.2) is 0 Å². The normalized spacial score (nSPS) is 20.2. The van der Waals surface area contributed by atoms with Crippen molar-refractivity contribution in [3.8, 4) is 0 Å². The lowest BCUT2D eigenvalue weighted by Crippen LogP contribution is -2.46. The van der Waals surface area contributed by atoms with E-state index in [1.807, 2.05) is 20.8 Å². The molecule has 174 valence electrons. The molecule has 0 aliphatic carbocycles. The van der Waals surface area contributed by atoms with Crippen molar-refractivity contribution in [1.82, 2.24) is 5.32 Å². The lowest BCUT2D eigenvalue weighted by molar-refractivity contribution is -0.187.